The summed E-state index contributed by atoms with van der Waals surface area (Å²) in [6.07, 6.45) is 4.78. The van der Waals surface area contributed by atoms with E-state index in [1.807, 2.05) is 23.1 Å². The summed E-state index contributed by atoms with van der Waals surface area (Å²) in [4.78, 5) is 24.3. The molecule has 5 nitrogen and oxygen atoms in total. The summed E-state index contributed by atoms with van der Waals surface area (Å²) in [5.41, 5.74) is 2.64. The molecule has 0 radical (unpaired) electrons. The number of pyridine rings is 1. The van der Waals surface area contributed by atoms with Crippen molar-refractivity contribution in [1.29, 1.82) is 0 Å². The van der Waals surface area contributed by atoms with Crippen molar-refractivity contribution in [3.8, 4) is 0 Å². The van der Waals surface area contributed by atoms with Gasteiger partial charge in [0.05, 0.1) is 11.3 Å². The second-order valence-electron chi connectivity index (χ2n) is 6.93. The fourth-order valence-electron chi connectivity index (χ4n) is 3.59. The summed E-state index contributed by atoms with van der Waals surface area (Å²) in [7, 11) is 0. The molecule has 0 aliphatic carbocycles. The number of halogens is 1. The summed E-state index contributed by atoms with van der Waals surface area (Å²) in [5, 5.41) is 4.72. The van der Waals surface area contributed by atoms with E-state index < -0.39 is 0 Å². The molecule has 0 bridgehead atoms. The summed E-state index contributed by atoms with van der Waals surface area (Å²) >= 11 is 5.79. The Balaban J connectivity index is 1.34. The lowest BCUT2D eigenvalue weighted by Crippen LogP contribution is -2.46. The highest BCUT2D eigenvalue weighted by atomic mass is 35.5. The number of benzene rings is 1. The first-order valence-electron chi connectivity index (χ1n) is 8.82. The first kappa shape index (κ1) is 17.0. The van der Waals surface area contributed by atoms with Crippen LogP contribution in [0.4, 0.5) is 0 Å². The van der Waals surface area contributed by atoms with Gasteiger partial charge in [0, 0.05) is 45.0 Å². The molecule has 2 aliphatic heterocycles. The van der Waals surface area contributed by atoms with Crippen LogP contribution in [0, 0.1) is 0 Å². The second kappa shape index (κ2) is 7.08. The van der Waals surface area contributed by atoms with Gasteiger partial charge in [-0.05, 0) is 17.7 Å². The fraction of sp³-hybridized carbons (Fsp3) is 0.350. The third-order valence-corrected chi connectivity index (χ3v) is 5.31. The Bertz CT molecular complexity index is 813. The lowest BCUT2D eigenvalue weighted by molar-refractivity contribution is -0.0568. The Kier molecular flexibility index (Phi) is 4.64. The molecule has 1 fully saturated rings. The number of nitrogens with zero attached hydrogens (tertiary/aromatic N) is 3. The van der Waals surface area contributed by atoms with Gasteiger partial charge < -0.3 is 9.74 Å². The number of amides is 1. The highest BCUT2D eigenvalue weighted by molar-refractivity contribution is 6.29. The van der Waals surface area contributed by atoms with Crippen molar-refractivity contribution in [2.24, 2.45) is 5.16 Å². The first-order chi connectivity index (χ1) is 12.6. The van der Waals surface area contributed by atoms with Crippen molar-refractivity contribution < 1.29 is 9.63 Å². The predicted octanol–water partition coefficient (Wildman–Crippen LogP) is 3.73. The molecule has 0 N–H and O–H groups in total. The molecule has 134 valence electrons. The number of carbonyl (C=O) groups is 1. The van der Waals surface area contributed by atoms with Gasteiger partial charge in [0.1, 0.15) is 10.8 Å². The minimum atomic E-state index is -0.251. The number of rotatable bonds is 3. The van der Waals surface area contributed by atoms with Crippen LogP contribution in [-0.2, 0) is 11.3 Å². The van der Waals surface area contributed by atoms with E-state index in [0.717, 1.165) is 31.4 Å². The summed E-state index contributed by atoms with van der Waals surface area (Å²) in [6, 6.07) is 13.7. The Hall–Kier alpha value is -2.40. The van der Waals surface area contributed by atoms with E-state index in [9.17, 15) is 4.79 Å². The minimum absolute atomic E-state index is 0.00700. The normalized spacial score (nSPS) is 18.5. The van der Waals surface area contributed by atoms with Gasteiger partial charge in [-0.1, -0.05) is 47.1 Å². The van der Waals surface area contributed by atoms with Crippen molar-refractivity contribution >= 4 is 23.2 Å². The van der Waals surface area contributed by atoms with Crippen LogP contribution in [0.3, 0.4) is 0 Å². The van der Waals surface area contributed by atoms with Gasteiger partial charge in [-0.3, -0.25) is 4.79 Å². The van der Waals surface area contributed by atoms with Crippen LogP contribution in [0.2, 0.25) is 5.15 Å². The summed E-state index contributed by atoms with van der Waals surface area (Å²) in [5.74, 6) is -0.00700. The van der Waals surface area contributed by atoms with Gasteiger partial charge in [-0.25, -0.2) is 4.98 Å². The van der Waals surface area contributed by atoms with Crippen LogP contribution in [-0.4, -0.2) is 40.2 Å². The van der Waals surface area contributed by atoms with Crippen LogP contribution in [0.15, 0.2) is 53.8 Å². The molecule has 4 rings (SSSR count). The number of piperidine rings is 1. The molecule has 0 atom stereocenters. The first-order valence-corrected chi connectivity index (χ1v) is 9.20. The lowest BCUT2D eigenvalue weighted by Gasteiger charge is -2.37. The Morgan fingerprint density at radius 2 is 1.92 bits per heavy atom. The molecular formula is C20H20ClN3O2. The Morgan fingerprint density at radius 1 is 1.15 bits per heavy atom. The standard InChI is InChI=1S/C20H20ClN3O2/c21-18-7-6-16(14-22-18)19(25)24-10-8-20(9-11-24)13-17(23-26-20)12-15-4-2-1-3-5-15/h1-7,14H,8-13H2. The van der Waals surface area contributed by atoms with E-state index in [4.69, 9.17) is 16.4 Å². The van der Waals surface area contributed by atoms with E-state index in [2.05, 4.69) is 22.3 Å². The molecule has 1 aromatic carbocycles. The van der Waals surface area contributed by atoms with Crippen LogP contribution in [0.5, 0.6) is 0 Å². The molecule has 3 heterocycles. The zero-order valence-electron chi connectivity index (χ0n) is 14.4. The van der Waals surface area contributed by atoms with Crippen molar-refractivity contribution in [2.75, 3.05) is 13.1 Å². The molecule has 1 amide bonds. The van der Waals surface area contributed by atoms with Crippen LogP contribution in [0.1, 0.15) is 35.2 Å². The number of aromatic nitrogens is 1. The van der Waals surface area contributed by atoms with Crippen molar-refractivity contribution in [1.82, 2.24) is 9.88 Å². The SMILES string of the molecule is O=C(c1ccc(Cl)nc1)N1CCC2(CC1)CC(Cc1ccccc1)=NO2. The quantitative estimate of drug-likeness (QED) is 0.774. The third kappa shape index (κ3) is 3.58. The maximum Gasteiger partial charge on any atom is 0.255 e. The molecule has 1 spiro atoms. The summed E-state index contributed by atoms with van der Waals surface area (Å²) in [6.45, 7) is 1.32. The zero-order valence-corrected chi connectivity index (χ0v) is 15.2. The van der Waals surface area contributed by atoms with Crippen LogP contribution in [0.25, 0.3) is 0 Å². The fourth-order valence-corrected chi connectivity index (χ4v) is 3.71. The average molecular weight is 370 g/mol. The van der Waals surface area contributed by atoms with E-state index >= 15 is 0 Å². The van der Waals surface area contributed by atoms with E-state index in [1.54, 1.807) is 12.1 Å². The van der Waals surface area contributed by atoms with Gasteiger partial charge in [0.2, 0.25) is 0 Å². The van der Waals surface area contributed by atoms with Gasteiger partial charge in [-0.15, -0.1) is 0 Å². The average Bonchev–Trinajstić information content (AvgIpc) is 3.05. The molecule has 0 unspecified atom stereocenters. The van der Waals surface area contributed by atoms with Crippen LogP contribution >= 0.6 is 11.6 Å². The van der Waals surface area contributed by atoms with E-state index in [0.29, 0.717) is 23.8 Å². The maximum absolute atomic E-state index is 12.6. The molecular weight excluding hydrogens is 350 g/mol. The second-order valence-corrected chi connectivity index (χ2v) is 7.32. The van der Waals surface area contributed by atoms with Crippen LogP contribution < -0.4 is 0 Å². The largest absolute Gasteiger partial charge is 0.389 e. The number of oxime groups is 1. The molecule has 1 saturated heterocycles. The minimum Gasteiger partial charge on any atom is -0.389 e. The van der Waals surface area contributed by atoms with Gasteiger partial charge >= 0.3 is 0 Å². The molecule has 6 heteroatoms. The van der Waals surface area contributed by atoms with Crippen molar-refractivity contribution in [3.63, 3.8) is 0 Å². The van der Waals surface area contributed by atoms with Gasteiger partial charge in [0.25, 0.3) is 5.91 Å². The van der Waals surface area contributed by atoms with Crippen molar-refractivity contribution in [3.05, 3.63) is 64.9 Å². The topological polar surface area (TPSA) is 54.8 Å². The number of likely N-dealkylation sites (tertiary alicyclic amines) is 1. The monoisotopic (exact) mass is 369 g/mol. The highest BCUT2D eigenvalue weighted by Gasteiger charge is 2.42. The third-order valence-electron chi connectivity index (χ3n) is 5.08. The van der Waals surface area contributed by atoms with E-state index in [-0.39, 0.29) is 11.5 Å². The predicted molar refractivity (Wildman–Crippen MR) is 100 cm³/mol. The number of hydrogen-bond acceptors (Lipinski definition) is 4. The smallest absolute Gasteiger partial charge is 0.255 e. The van der Waals surface area contributed by atoms with Crippen molar-refractivity contribution in [2.45, 2.75) is 31.3 Å². The Morgan fingerprint density at radius 3 is 2.62 bits per heavy atom. The zero-order chi connectivity index (χ0) is 18.0. The molecule has 2 aliphatic rings. The maximum atomic E-state index is 12.6. The Labute approximate surface area is 157 Å². The van der Waals surface area contributed by atoms with Gasteiger partial charge in [0.15, 0.2) is 0 Å². The molecule has 2 aromatic rings. The molecule has 0 saturated carbocycles. The highest BCUT2D eigenvalue weighted by Crippen LogP contribution is 2.35. The lowest BCUT2D eigenvalue weighted by atomic mass is 9.85. The number of carbonyl (C=O) groups excluding carboxylic acids is 1. The number of hydrogen-bond donors (Lipinski definition) is 0. The van der Waals surface area contributed by atoms with Gasteiger partial charge in [-0.2, -0.15) is 0 Å². The molecule has 26 heavy (non-hydrogen) atoms. The molecule has 1 aromatic heterocycles. The summed E-state index contributed by atoms with van der Waals surface area (Å²) < 4.78 is 0. The van der Waals surface area contributed by atoms with E-state index in [1.165, 1.54) is 11.8 Å².